The van der Waals surface area contributed by atoms with Crippen LogP contribution < -0.4 is 15.8 Å². The van der Waals surface area contributed by atoms with Gasteiger partial charge in [-0.25, -0.2) is 0 Å². The second-order valence-electron chi connectivity index (χ2n) is 4.10. The molecule has 4 nitrogen and oxygen atoms in total. The first kappa shape index (κ1) is 13.5. The minimum absolute atomic E-state index is 0.0164. The zero-order valence-corrected chi connectivity index (χ0v) is 10.4. The van der Waals surface area contributed by atoms with E-state index in [0.717, 1.165) is 5.75 Å². The van der Waals surface area contributed by atoms with Crippen LogP contribution in [0.25, 0.3) is 0 Å². The standard InChI is InChI=1S/C13H20N2O2/c1-10(2)11-5-3-4-6-12(11)17-8-7-15-13(16)9-14/h3-6,10H,7-9,14H2,1-2H3,(H,15,16). The number of carbonyl (C=O) groups is 1. The van der Waals surface area contributed by atoms with Gasteiger partial charge in [-0.1, -0.05) is 32.0 Å². The smallest absolute Gasteiger partial charge is 0.233 e. The van der Waals surface area contributed by atoms with Gasteiger partial charge >= 0.3 is 0 Å². The lowest BCUT2D eigenvalue weighted by atomic mass is 10.0. The number of para-hydroxylation sites is 1. The number of benzene rings is 1. The third kappa shape index (κ3) is 4.44. The average molecular weight is 236 g/mol. The number of nitrogens with two attached hydrogens (primary N) is 1. The fraction of sp³-hybridized carbons (Fsp3) is 0.462. The van der Waals surface area contributed by atoms with Gasteiger partial charge in [0.25, 0.3) is 0 Å². The van der Waals surface area contributed by atoms with Crippen molar-refractivity contribution in [2.24, 2.45) is 5.73 Å². The number of carbonyl (C=O) groups excluding carboxylic acids is 1. The molecule has 0 unspecified atom stereocenters. The summed E-state index contributed by atoms with van der Waals surface area (Å²) in [6, 6.07) is 7.94. The van der Waals surface area contributed by atoms with E-state index in [9.17, 15) is 4.79 Å². The highest BCUT2D eigenvalue weighted by Crippen LogP contribution is 2.25. The van der Waals surface area contributed by atoms with Gasteiger partial charge in [-0.3, -0.25) is 4.79 Å². The van der Waals surface area contributed by atoms with Crippen molar-refractivity contribution >= 4 is 5.91 Å². The summed E-state index contributed by atoms with van der Waals surface area (Å²) in [5.41, 5.74) is 6.35. The second kappa shape index (κ2) is 6.91. The van der Waals surface area contributed by atoms with E-state index < -0.39 is 0 Å². The van der Waals surface area contributed by atoms with Crippen LogP contribution in [0, 0.1) is 0 Å². The molecule has 0 fully saturated rings. The fourth-order valence-corrected chi connectivity index (χ4v) is 1.51. The van der Waals surface area contributed by atoms with Crippen molar-refractivity contribution in [1.82, 2.24) is 5.32 Å². The van der Waals surface area contributed by atoms with Crippen molar-refractivity contribution in [3.05, 3.63) is 29.8 Å². The summed E-state index contributed by atoms with van der Waals surface area (Å²) >= 11 is 0. The molecule has 0 atom stereocenters. The minimum atomic E-state index is -0.161. The highest BCUT2D eigenvalue weighted by atomic mass is 16.5. The fourth-order valence-electron chi connectivity index (χ4n) is 1.51. The first-order chi connectivity index (χ1) is 8.15. The van der Waals surface area contributed by atoms with Crippen molar-refractivity contribution in [2.45, 2.75) is 19.8 Å². The topological polar surface area (TPSA) is 64.3 Å². The van der Waals surface area contributed by atoms with Crippen LogP contribution in [0.4, 0.5) is 0 Å². The van der Waals surface area contributed by atoms with Gasteiger partial charge < -0.3 is 15.8 Å². The molecule has 1 rings (SSSR count). The molecule has 0 aliphatic heterocycles. The molecule has 0 aromatic heterocycles. The SMILES string of the molecule is CC(C)c1ccccc1OCCNC(=O)CN. The Balaban J connectivity index is 2.44. The Hall–Kier alpha value is -1.55. The number of amides is 1. The highest BCUT2D eigenvalue weighted by Gasteiger charge is 2.06. The molecule has 1 aromatic carbocycles. The molecule has 0 saturated heterocycles. The van der Waals surface area contributed by atoms with E-state index in [0.29, 0.717) is 19.1 Å². The van der Waals surface area contributed by atoms with E-state index in [-0.39, 0.29) is 12.5 Å². The molecule has 0 spiro atoms. The van der Waals surface area contributed by atoms with Crippen molar-refractivity contribution in [3.8, 4) is 5.75 Å². The van der Waals surface area contributed by atoms with Crippen LogP contribution in [0.15, 0.2) is 24.3 Å². The third-order valence-electron chi connectivity index (χ3n) is 2.41. The van der Waals surface area contributed by atoms with Gasteiger partial charge in [0.1, 0.15) is 12.4 Å². The van der Waals surface area contributed by atoms with Crippen LogP contribution in [-0.4, -0.2) is 25.6 Å². The van der Waals surface area contributed by atoms with Gasteiger partial charge in [-0.15, -0.1) is 0 Å². The molecule has 17 heavy (non-hydrogen) atoms. The molecule has 0 bridgehead atoms. The first-order valence-electron chi connectivity index (χ1n) is 5.83. The summed E-state index contributed by atoms with van der Waals surface area (Å²) in [7, 11) is 0. The number of hydrogen-bond acceptors (Lipinski definition) is 3. The number of hydrogen-bond donors (Lipinski definition) is 2. The molecular weight excluding hydrogens is 216 g/mol. The van der Waals surface area contributed by atoms with Crippen molar-refractivity contribution in [2.75, 3.05) is 19.7 Å². The number of rotatable bonds is 6. The maximum atomic E-state index is 10.9. The van der Waals surface area contributed by atoms with Gasteiger partial charge in [-0.05, 0) is 17.5 Å². The largest absolute Gasteiger partial charge is 0.491 e. The molecule has 4 heteroatoms. The second-order valence-corrected chi connectivity index (χ2v) is 4.10. The normalized spacial score (nSPS) is 10.4. The van der Waals surface area contributed by atoms with Crippen molar-refractivity contribution < 1.29 is 9.53 Å². The zero-order chi connectivity index (χ0) is 12.7. The summed E-state index contributed by atoms with van der Waals surface area (Å²) in [5.74, 6) is 1.14. The van der Waals surface area contributed by atoms with Crippen LogP contribution in [-0.2, 0) is 4.79 Å². The molecule has 0 aliphatic carbocycles. The Bertz CT molecular complexity index is 364. The molecule has 1 amide bonds. The number of ether oxygens (including phenoxy) is 1. The predicted molar refractivity (Wildman–Crippen MR) is 68.1 cm³/mol. The summed E-state index contributed by atoms with van der Waals surface area (Å²) in [6.45, 7) is 5.19. The van der Waals surface area contributed by atoms with Crippen LogP contribution in [0.1, 0.15) is 25.3 Å². The highest BCUT2D eigenvalue weighted by molar-refractivity contribution is 5.77. The van der Waals surface area contributed by atoms with E-state index >= 15 is 0 Å². The van der Waals surface area contributed by atoms with Crippen LogP contribution in [0.3, 0.4) is 0 Å². The Kier molecular flexibility index (Phi) is 5.49. The van der Waals surface area contributed by atoms with Crippen LogP contribution in [0.2, 0.25) is 0 Å². The molecule has 0 heterocycles. The Morgan fingerprint density at radius 1 is 1.41 bits per heavy atom. The molecule has 0 radical (unpaired) electrons. The molecule has 0 saturated carbocycles. The zero-order valence-electron chi connectivity index (χ0n) is 10.4. The minimum Gasteiger partial charge on any atom is -0.491 e. The van der Waals surface area contributed by atoms with E-state index in [1.807, 2.05) is 18.2 Å². The molecule has 3 N–H and O–H groups in total. The third-order valence-corrected chi connectivity index (χ3v) is 2.41. The van der Waals surface area contributed by atoms with E-state index in [1.165, 1.54) is 5.56 Å². The first-order valence-corrected chi connectivity index (χ1v) is 5.83. The van der Waals surface area contributed by atoms with Gasteiger partial charge in [0.15, 0.2) is 0 Å². The van der Waals surface area contributed by atoms with Gasteiger partial charge in [0.2, 0.25) is 5.91 Å². The Morgan fingerprint density at radius 3 is 2.76 bits per heavy atom. The van der Waals surface area contributed by atoms with Gasteiger partial charge in [0.05, 0.1) is 13.1 Å². The Labute approximate surface area is 102 Å². The van der Waals surface area contributed by atoms with Crippen LogP contribution in [0.5, 0.6) is 5.75 Å². The maximum Gasteiger partial charge on any atom is 0.233 e. The summed E-state index contributed by atoms with van der Waals surface area (Å²) in [6.07, 6.45) is 0. The molecule has 0 aliphatic rings. The molecule has 1 aromatic rings. The van der Waals surface area contributed by atoms with Crippen molar-refractivity contribution in [3.63, 3.8) is 0 Å². The lowest BCUT2D eigenvalue weighted by Gasteiger charge is -2.13. The monoisotopic (exact) mass is 236 g/mol. The lowest BCUT2D eigenvalue weighted by Crippen LogP contribution is -2.33. The number of nitrogens with one attached hydrogen (secondary N) is 1. The van der Waals surface area contributed by atoms with E-state index in [4.69, 9.17) is 10.5 Å². The lowest BCUT2D eigenvalue weighted by molar-refractivity contribution is -0.119. The predicted octanol–water partition coefficient (Wildman–Crippen LogP) is 1.26. The van der Waals surface area contributed by atoms with Crippen molar-refractivity contribution in [1.29, 1.82) is 0 Å². The summed E-state index contributed by atoms with van der Waals surface area (Å²) in [4.78, 5) is 10.9. The molecular formula is C13H20N2O2. The van der Waals surface area contributed by atoms with E-state index in [2.05, 4.69) is 25.2 Å². The average Bonchev–Trinajstić information content (AvgIpc) is 2.34. The Morgan fingerprint density at radius 2 is 2.12 bits per heavy atom. The molecule has 94 valence electrons. The summed E-state index contributed by atoms with van der Waals surface area (Å²) < 4.78 is 5.64. The summed E-state index contributed by atoms with van der Waals surface area (Å²) in [5, 5.41) is 2.66. The maximum absolute atomic E-state index is 10.9. The van der Waals surface area contributed by atoms with Gasteiger partial charge in [-0.2, -0.15) is 0 Å². The quantitative estimate of drug-likeness (QED) is 0.731. The van der Waals surface area contributed by atoms with Crippen LogP contribution >= 0.6 is 0 Å². The van der Waals surface area contributed by atoms with E-state index in [1.54, 1.807) is 0 Å². The van der Waals surface area contributed by atoms with Gasteiger partial charge in [0, 0.05) is 0 Å².